The van der Waals surface area contributed by atoms with Gasteiger partial charge in [-0.15, -0.1) is 0 Å². The number of aromatic nitrogens is 2. The van der Waals surface area contributed by atoms with Crippen LogP contribution in [0.15, 0.2) is 35.5 Å². The maximum absolute atomic E-state index is 12.2. The van der Waals surface area contributed by atoms with Crippen molar-refractivity contribution in [2.75, 3.05) is 0 Å². The van der Waals surface area contributed by atoms with Gasteiger partial charge in [0.15, 0.2) is 5.03 Å². The minimum Gasteiger partial charge on any atom is -0.508 e. The van der Waals surface area contributed by atoms with Crippen LogP contribution in [-0.4, -0.2) is 23.1 Å². The van der Waals surface area contributed by atoms with E-state index < -0.39 is 10.0 Å². The molecule has 0 saturated carbocycles. The van der Waals surface area contributed by atoms with Crippen LogP contribution in [0, 0.1) is 6.92 Å². The van der Waals surface area contributed by atoms with Crippen molar-refractivity contribution >= 4 is 10.0 Å². The van der Waals surface area contributed by atoms with Gasteiger partial charge < -0.3 is 9.67 Å². The van der Waals surface area contributed by atoms with Crippen molar-refractivity contribution in [1.82, 2.24) is 14.3 Å². The van der Waals surface area contributed by atoms with Crippen molar-refractivity contribution in [1.29, 1.82) is 0 Å². The maximum Gasteiger partial charge on any atom is 0.259 e. The highest BCUT2D eigenvalue weighted by Crippen LogP contribution is 2.16. The van der Waals surface area contributed by atoms with Crippen molar-refractivity contribution in [3.63, 3.8) is 0 Å². The summed E-state index contributed by atoms with van der Waals surface area (Å²) < 4.78 is 28.7. The normalized spacial score (nSPS) is 11.7. The molecular formula is C14H19N3O3S. The van der Waals surface area contributed by atoms with Crippen LogP contribution in [0.1, 0.15) is 24.7 Å². The summed E-state index contributed by atoms with van der Waals surface area (Å²) in [6.45, 7) is 4.55. The van der Waals surface area contributed by atoms with Crippen LogP contribution in [0.5, 0.6) is 5.75 Å². The number of para-hydroxylation sites is 1. The van der Waals surface area contributed by atoms with Gasteiger partial charge in [-0.3, -0.25) is 0 Å². The summed E-state index contributed by atoms with van der Waals surface area (Å²) in [6.07, 6.45) is 2.44. The second kappa shape index (κ2) is 6.28. The Bertz CT molecular complexity index is 723. The third-order valence-corrected chi connectivity index (χ3v) is 4.41. The van der Waals surface area contributed by atoms with E-state index in [-0.39, 0.29) is 17.3 Å². The molecule has 1 aromatic carbocycles. The van der Waals surface area contributed by atoms with Gasteiger partial charge in [0, 0.05) is 24.8 Å². The van der Waals surface area contributed by atoms with Crippen molar-refractivity contribution in [2.24, 2.45) is 0 Å². The first kappa shape index (κ1) is 15.5. The van der Waals surface area contributed by atoms with Gasteiger partial charge in [-0.05, 0) is 19.4 Å². The smallest absolute Gasteiger partial charge is 0.259 e. The van der Waals surface area contributed by atoms with Crippen LogP contribution in [-0.2, 0) is 23.1 Å². The molecule has 2 rings (SSSR count). The number of hydrogen-bond donors (Lipinski definition) is 2. The largest absolute Gasteiger partial charge is 0.508 e. The van der Waals surface area contributed by atoms with E-state index in [1.54, 1.807) is 25.1 Å². The Balaban J connectivity index is 2.15. The molecule has 0 spiro atoms. The molecular weight excluding hydrogens is 290 g/mol. The van der Waals surface area contributed by atoms with E-state index in [4.69, 9.17) is 0 Å². The Morgan fingerprint density at radius 2 is 2.05 bits per heavy atom. The van der Waals surface area contributed by atoms with E-state index in [0.29, 0.717) is 11.4 Å². The van der Waals surface area contributed by atoms with Gasteiger partial charge in [0.25, 0.3) is 10.0 Å². The number of sulfonamides is 1. The summed E-state index contributed by atoms with van der Waals surface area (Å²) in [5, 5.41) is 9.65. The zero-order valence-electron chi connectivity index (χ0n) is 12.1. The predicted molar refractivity (Wildman–Crippen MR) is 79.4 cm³/mol. The Hall–Kier alpha value is -1.86. The number of hydrogen-bond acceptors (Lipinski definition) is 4. The van der Waals surface area contributed by atoms with Crippen molar-refractivity contribution in [3.05, 3.63) is 41.9 Å². The molecule has 0 bridgehead atoms. The Labute approximate surface area is 124 Å². The molecule has 1 heterocycles. The fourth-order valence-corrected chi connectivity index (χ4v) is 2.99. The van der Waals surface area contributed by atoms with E-state index in [1.165, 1.54) is 12.3 Å². The fourth-order valence-electron chi connectivity index (χ4n) is 1.98. The molecule has 21 heavy (non-hydrogen) atoms. The molecule has 2 N–H and O–H groups in total. The summed E-state index contributed by atoms with van der Waals surface area (Å²) in [5.74, 6) is 0.729. The minimum atomic E-state index is -3.69. The number of imidazole rings is 1. The average molecular weight is 309 g/mol. The van der Waals surface area contributed by atoms with Crippen LogP contribution in [0.3, 0.4) is 0 Å². The molecule has 2 aromatic rings. The molecule has 0 unspecified atom stereocenters. The van der Waals surface area contributed by atoms with E-state index in [2.05, 4.69) is 9.71 Å². The fraction of sp³-hybridized carbons (Fsp3) is 0.357. The standard InChI is InChI=1S/C14H19N3O3S/c1-3-8-17-10-14(16-11(17)2)21(19,20)15-9-12-6-4-5-7-13(12)18/h4-7,10,15,18H,3,8-9H2,1-2H3. The molecule has 0 fully saturated rings. The second-order valence-electron chi connectivity index (χ2n) is 4.77. The molecule has 0 aliphatic carbocycles. The topological polar surface area (TPSA) is 84.2 Å². The Morgan fingerprint density at radius 3 is 2.71 bits per heavy atom. The van der Waals surface area contributed by atoms with E-state index in [1.807, 2.05) is 11.5 Å². The van der Waals surface area contributed by atoms with Crippen LogP contribution in [0.2, 0.25) is 0 Å². The minimum absolute atomic E-state index is 0.00358. The molecule has 114 valence electrons. The first-order valence-corrected chi connectivity index (χ1v) is 8.22. The summed E-state index contributed by atoms with van der Waals surface area (Å²) in [5.41, 5.74) is 0.519. The van der Waals surface area contributed by atoms with Gasteiger partial charge in [-0.2, -0.15) is 0 Å². The number of aromatic hydroxyl groups is 1. The van der Waals surface area contributed by atoms with Crippen LogP contribution >= 0.6 is 0 Å². The van der Waals surface area contributed by atoms with Gasteiger partial charge in [0.05, 0.1) is 0 Å². The molecule has 0 aliphatic rings. The molecule has 0 amide bonds. The third kappa shape index (κ3) is 3.62. The number of phenols is 1. The van der Waals surface area contributed by atoms with E-state index >= 15 is 0 Å². The third-order valence-electron chi connectivity index (χ3n) is 3.14. The number of benzene rings is 1. The lowest BCUT2D eigenvalue weighted by atomic mass is 10.2. The van der Waals surface area contributed by atoms with E-state index in [9.17, 15) is 13.5 Å². The van der Waals surface area contributed by atoms with Crippen molar-refractivity contribution < 1.29 is 13.5 Å². The van der Waals surface area contributed by atoms with Crippen LogP contribution < -0.4 is 4.72 Å². The highest BCUT2D eigenvalue weighted by atomic mass is 32.2. The van der Waals surface area contributed by atoms with Gasteiger partial charge in [0.1, 0.15) is 11.6 Å². The number of rotatable bonds is 6. The first-order valence-electron chi connectivity index (χ1n) is 6.74. The van der Waals surface area contributed by atoms with Crippen molar-refractivity contribution in [3.8, 4) is 5.75 Å². The zero-order chi connectivity index (χ0) is 15.5. The lowest BCUT2D eigenvalue weighted by Crippen LogP contribution is -2.23. The highest BCUT2D eigenvalue weighted by molar-refractivity contribution is 7.89. The lowest BCUT2D eigenvalue weighted by molar-refractivity contribution is 0.467. The van der Waals surface area contributed by atoms with Gasteiger partial charge >= 0.3 is 0 Å². The summed E-state index contributed by atoms with van der Waals surface area (Å²) in [4.78, 5) is 4.09. The second-order valence-corrected chi connectivity index (χ2v) is 6.49. The van der Waals surface area contributed by atoms with Gasteiger partial charge in [0.2, 0.25) is 0 Å². The van der Waals surface area contributed by atoms with E-state index in [0.717, 1.165) is 13.0 Å². The number of aryl methyl sites for hydroxylation is 2. The predicted octanol–water partition coefficient (Wildman–Crippen LogP) is 1.79. The highest BCUT2D eigenvalue weighted by Gasteiger charge is 2.19. The first-order chi connectivity index (χ1) is 9.94. The zero-order valence-corrected chi connectivity index (χ0v) is 12.9. The lowest BCUT2D eigenvalue weighted by Gasteiger charge is -2.06. The quantitative estimate of drug-likeness (QED) is 0.852. The van der Waals surface area contributed by atoms with Gasteiger partial charge in [-0.25, -0.2) is 18.1 Å². The molecule has 0 saturated heterocycles. The number of nitrogens with zero attached hydrogens (tertiary/aromatic N) is 2. The molecule has 0 aliphatic heterocycles. The SMILES string of the molecule is CCCn1cc(S(=O)(=O)NCc2ccccc2O)nc1C. The summed E-state index contributed by atoms with van der Waals surface area (Å²) in [7, 11) is -3.69. The van der Waals surface area contributed by atoms with Crippen LogP contribution in [0.25, 0.3) is 0 Å². The molecule has 0 atom stereocenters. The monoisotopic (exact) mass is 309 g/mol. The Kier molecular flexibility index (Phi) is 4.64. The molecule has 0 radical (unpaired) electrons. The Morgan fingerprint density at radius 1 is 1.33 bits per heavy atom. The maximum atomic E-state index is 12.2. The molecule has 7 heteroatoms. The summed E-state index contributed by atoms with van der Waals surface area (Å²) in [6, 6.07) is 6.61. The summed E-state index contributed by atoms with van der Waals surface area (Å²) >= 11 is 0. The van der Waals surface area contributed by atoms with Crippen LogP contribution in [0.4, 0.5) is 0 Å². The van der Waals surface area contributed by atoms with Crippen molar-refractivity contribution in [2.45, 2.75) is 38.4 Å². The average Bonchev–Trinajstić information content (AvgIpc) is 2.81. The number of phenolic OH excluding ortho intramolecular Hbond substituents is 1. The molecule has 6 nitrogen and oxygen atoms in total. The molecule has 1 aromatic heterocycles. The van der Waals surface area contributed by atoms with Gasteiger partial charge in [-0.1, -0.05) is 25.1 Å². The number of nitrogens with one attached hydrogen (secondary N) is 1.